The van der Waals surface area contributed by atoms with Crippen molar-refractivity contribution in [1.82, 2.24) is 4.98 Å². The van der Waals surface area contributed by atoms with Gasteiger partial charge >= 0.3 is 0 Å². The average Bonchev–Trinajstić information content (AvgIpc) is 2.75. The number of halogens is 1. The Balaban J connectivity index is 2.15. The molecule has 0 saturated heterocycles. The molecule has 6 heteroatoms. The van der Waals surface area contributed by atoms with E-state index in [4.69, 9.17) is 34.0 Å². The maximum absolute atomic E-state index is 6.11. The van der Waals surface area contributed by atoms with Gasteiger partial charge in [-0.1, -0.05) is 23.8 Å². The first-order chi connectivity index (χ1) is 8.97. The number of anilines is 1. The smallest absolute Gasteiger partial charge is 0.216 e. The van der Waals surface area contributed by atoms with Gasteiger partial charge in [0.15, 0.2) is 0 Å². The van der Waals surface area contributed by atoms with E-state index in [0.29, 0.717) is 16.5 Å². The average molecular weight is 296 g/mol. The van der Waals surface area contributed by atoms with Crippen LogP contribution >= 0.6 is 23.8 Å². The summed E-state index contributed by atoms with van der Waals surface area (Å²) in [5.74, 6) is 1.41. The molecule has 0 aliphatic heterocycles. The van der Waals surface area contributed by atoms with Crippen molar-refractivity contribution in [2.24, 2.45) is 5.73 Å². The molecule has 100 valence electrons. The van der Waals surface area contributed by atoms with Crippen molar-refractivity contribution >= 4 is 34.5 Å². The zero-order chi connectivity index (χ0) is 14.0. The molecule has 2 rings (SSSR count). The summed E-state index contributed by atoms with van der Waals surface area (Å²) in [6, 6.07) is 5.38. The molecule has 4 nitrogen and oxygen atoms in total. The molecule has 0 aliphatic rings. The Kier molecular flexibility index (Phi) is 4.07. The quantitative estimate of drug-likeness (QED) is 0.846. The van der Waals surface area contributed by atoms with Crippen molar-refractivity contribution in [3.8, 4) is 0 Å². The van der Waals surface area contributed by atoms with Crippen molar-refractivity contribution in [1.29, 1.82) is 0 Å². The minimum atomic E-state index is -0.0551. The fraction of sp³-hybridized carbons (Fsp3) is 0.231. The summed E-state index contributed by atoms with van der Waals surface area (Å²) in [6.07, 6.45) is 1.69. The fourth-order valence-electron chi connectivity index (χ4n) is 1.69. The fourth-order valence-corrected chi connectivity index (χ4v) is 2.21. The number of aryl methyl sites for hydroxylation is 1. The van der Waals surface area contributed by atoms with Crippen LogP contribution < -0.4 is 11.1 Å². The van der Waals surface area contributed by atoms with Crippen LogP contribution in [-0.4, -0.2) is 9.97 Å². The van der Waals surface area contributed by atoms with Crippen LogP contribution in [0.5, 0.6) is 0 Å². The highest BCUT2D eigenvalue weighted by Crippen LogP contribution is 2.24. The SMILES string of the molecule is Cc1cnc(C(C)Nc2ccc(C(N)=S)c(Cl)c2)o1. The minimum Gasteiger partial charge on any atom is -0.444 e. The first-order valence-electron chi connectivity index (χ1n) is 5.75. The maximum atomic E-state index is 6.11. The predicted molar refractivity (Wildman–Crippen MR) is 80.6 cm³/mol. The van der Waals surface area contributed by atoms with Gasteiger partial charge in [-0.25, -0.2) is 4.98 Å². The molecule has 1 heterocycles. The normalized spacial score (nSPS) is 12.2. The molecule has 2 aromatic rings. The van der Waals surface area contributed by atoms with E-state index in [1.165, 1.54) is 0 Å². The van der Waals surface area contributed by atoms with Crippen LogP contribution in [0.3, 0.4) is 0 Å². The number of rotatable bonds is 4. The molecule has 0 radical (unpaired) electrons. The number of nitrogens with zero attached hydrogens (tertiary/aromatic N) is 1. The number of thiocarbonyl (C=S) groups is 1. The van der Waals surface area contributed by atoms with Crippen LogP contribution in [0.25, 0.3) is 0 Å². The first kappa shape index (κ1) is 13.8. The third kappa shape index (κ3) is 3.24. The third-order valence-electron chi connectivity index (χ3n) is 2.63. The van der Waals surface area contributed by atoms with E-state index in [1.807, 2.05) is 19.9 Å². The molecule has 1 atom stereocenters. The highest BCUT2D eigenvalue weighted by Gasteiger charge is 2.12. The lowest BCUT2D eigenvalue weighted by atomic mass is 10.2. The Labute approximate surface area is 122 Å². The Bertz CT molecular complexity index is 612. The number of oxazole rings is 1. The van der Waals surface area contributed by atoms with Gasteiger partial charge < -0.3 is 15.5 Å². The lowest BCUT2D eigenvalue weighted by Gasteiger charge is -2.13. The van der Waals surface area contributed by atoms with Crippen LogP contribution in [0.1, 0.15) is 30.2 Å². The van der Waals surface area contributed by atoms with Gasteiger partial charge in [-0.05, 0) is 32.0 Å². The van der Waals surface area contributed by atoms with Crippen LogP contribution in [-0.2, 0) is 0 Å². The molecule has 19 heavy (non-hydrogen) atoms. The molecule has 1 aromatic heterocycles. The Morgan fingerprint density at radius 2 is 2.26 bits per heavy atom. The number of hydrogen-bond donors (Lipinski definition) is 2. The standard InChI is InChI=1S/C13H14ClN3OS/c1-7-6-16-13(18-7)8(2)17-9-3-4-10(12(15)19)11(14)5-9/h3-6,8,17H,1-2H3,(H2,15,19). The first-order valence-corrected chi connectivity index (χ1v) is 6.54. The van der Waals surface area contributed by atoms with E-state index >= 15 is 0 Å². The molecule has 1 aromatic carbocycles. The molecule has 0 fully saturated rings. The molecule has 0 aliphatic carbocycles. The molecule has 1 unspecified atom stereocenters. The second-order valence-electron chi connectivity index (χ2n) is 4.23. The number of nitrogens with two attached hydrogens (primary N) is 1. The Hall–Kier alpha value is -1.59. The van der Waals surface area contributed by atoms with Crippen molar-refractivity contribution in [2.75, 3.05) is 5.32 Å². The Morgan fingerprint density at radius 3 is 2.79 bits per heavy atom. The van der Waals surface area contributed by atoms with Gasteiger partial charge in [-0.2, -0.15) is 0 Å². The van der Waals surface area contributed by atoms with Gasteiger partial charge in [0.05, 0.1) is 11.2 Å². The lowest BCUT2D eigenvalue weighted by Crippen LogP contribution is -2.11. The van der Waals surface area contributed by atoms with Gasteiger partial charge in [-0.3, -0.25) is 0 Å². The molecule has 3 N–H and O–H groups in total. The summed E-state index contributed by atoms with van der Waals surface area (Å²) in [4.78, 5) is 4.46. The zero-order valence-electron chi connectivity index (χ0n) is 10.6. The lowest BCUT2D eigenvalue weighted by molar-refractivity contribution is 0.454. The highest BCUT2D eigenvalue weighted by molar-refractivity contribution is 7.80. The van der Waals surface area contributed by atoms with Crippen LogP contribution in [0, 0.1) is 6.92 Å². The predicted octanol–water partition coefficient (Wildman–Crippen LogP) is 3.44. The van der Waals surface area contributed by atoms with Crippen LogP contribution in [0.2, 0.25) is 5.02 Å². The monoisotopic (exact) mass is 295 g/mol. The molecule has 0 bridgehead atoms. The van der Waals surface area contributed by atoms with Crippen LogP contribution in [0.4, 0.5) is 5.69 Å². The van der Waals surface area contributed by atoms with E-state index < -0.39 is 0 Å². The topological polar surface area (TPSA) is 64.1 Å². The van der Waals surface area contributed by atoms with E-state index in [1.54, 1.807) is 18.3 Å². The van der Waals surface area contributed by atoms with E-state index in [9.17, 15) is 0 Å². The summed E-state index contributed by atoms with van der Waals surface area (Å²) in [5, 5.41) is 3.78. The minimum absolute atomic E-state index is 0.0551. The number of nitrogens with one attached hydrogen (secondary N) is 1. The van der Waals surface area contributed by atoms with Gasteiger partial charge in [0.25, 0.3) is 0 Å². The van der Waals surface area contributed by atoms with Crippen molar-refractivity contribution < 1.29 is 4.42 Å². The molecular formula is C13H14ClN3OS. The Morgan fingerprint density at radius 1 is 1.53 bits per heavy atom. The molecule has 0 amide bonds. The maximum Gasteiger partial charge on any atom is 0.216 e. The zero-order valence-corrected chi connectivity index (χ0v) is 12.2. The van der Waals surface area contributed by atoms with Crippen molar-refractivity contribution in [3.05, 3.63) is 46.6 Å². The van der Waals surface area contributed by atoms with Gasteiger partial charge in [0.2, 0.25) is 5.89 Å². The van der Waals surface area contributed by atoms with Gasteiger partial charge in [0, 0.05) is 11.3 Å². The summed E-state index contributed by atoms with van der Waals surface area (Å²) in [5.41, 5.74) is 7.08. The van der Waals surface area contributed by atoms with Gasteiger partial charge in [0.1, 0.15) is 16.8 Å². The van der Waals surface area contributed by atoms with Gasteiger partial charge in [-0.15, -0.1) is 0 Å². The number of aromatic nitrogens is 1. The van der Waals surface area contributed by atoms with Crippen molar-refractivity contribution in [3.63, 3.8) is 0 Å². The van der Waals surface area contributed by atoms with Crippen molar-refractivity contribution in [2.45, 2.75) is 19.9 Å². The summed E-state index contributed by atoms with van der Waals surface area (Å²) in [6.45, 7) is 3.82. The van der Waals surface area contributed by atoms with E-state index in [0.717, 1.165) is 11.4 Å². The second kappa shape index (κ2) is 5.59. The van der Waals surface area contributed by atoms with E-state index in [2.05, 4.69) is 10.3 Å². The molecular weight excluding hydrogens is 282 g/mol. The van der Waals surface area contributed by atoms with E-state index in [-0.39, 0.29) is 11.0 Å². The third-order valence-corrected chi connectivity index (χ3v) is 3.16. The summed E-state index contributed by atoms with van der Waals surface area (Å²) < 4.78 is 5.46. The summed E-state index contributed by atoms with van der Waals surface area (Å²) in [7, 11) is 0. The second-order valence-corrected chi connectivity index (χ2v) is 5.08. The summed E-state index contributed by atoms with van der Waals surface area (Å²) >= 11 is 11.0. The number of benzene rings is 1. The number of hydrogen-bond acceptors (Lipinski definition) is 4. The largest absolute Gasteiger partial charge is 0.444 e. The van der Waals surface area contributed by atoms with Crippen LogP contribution in [0.15, 0.2) is 28.8 Å². The highest BCUT2D eigenvalue weighted by atomic mass is 35.5. The molecule has 0 saturated carbocycles. The molecule has 0 spiro atoms.